The number of hydrogen-bond acceptors (Lipinski definition) is 6. The second kappa shape index (κ2) is 7.16. The van der Waals surface area contributed by atoms with Gasteiger partial charge in [-0.3, -0.25) is 14.0 Å². The molecule has 0 spiro atoms. The number of nitrogens with one attached hydrogen (secondary N) is 1. The van der Waals surface area contributed by atoms with Crippen molar-refractivity contribution in [3.8, 4) is 0 Å². The first-order valence-corrected chi connectivity index (χ1v) is 8.70. The number of aromatic nitrogens is 3. The van der Waals surface area contributed by atoms with Gasteiger partial charge in [-0.05, 0) is 30.7 Å². The summed E-state index contributed by atoms with van der Waals surface area (Å²) in [5.74, 6) is -0.152. The van der Waals surface area contributed by atoms with E-state index in [1.54, 1.807) is 24.5 Å². The van der Waals surface area contributed by atoms with Gasteiger partial charge in [0, 0.05) is 25.5 Å². The molecule has 4 rings (SSSR count). The molecule has 0 aromatic carbocycles. The van der Waals surface area contributed by atoms with Crippen LogP contribution in [0.2, 0.25) is 0 Å². The smallest absolute Gasteiger partial charge is 0.270 e. The van der Waals surface area contributed by atoms with Crippen LogP contribution in [0.1, 0.15) is 15.9 Å². The second-order valence-corrected chi connectivity index (χ2v) is 6.37. The van der Waals surface area contributed by atoms with Crippen LogP contribution in [0.25, 0.3) is 5.65 Å². The number of morpholine rings is 1. The summed E-state index contributed by atoms with van der Waals surface area (Å²) in [4.78, 5) is 35.8. The molecular weight excluding hydrogens is 346 g/mol. The summed E-state index contributed by atoms with van der Waals surface area (Å²) < 4.78 is 6.71. The standard InChI is InChI=1S/C19H19N5O3/c1-13-2-5-17-21-11-15(19(26)24(17)12-13)18(25)22-16-4-3-14(10-20-16)23-6-8-27-9-7-23/h2-5,10-12H,6-9H2,1H3,(H,20,22,25). The van der Waals surface area contributed by atoms with Gasteiger partial charge in [-0.1, -0.05) is 6.07 Å². The minimum absolute atomic E-state index is 0.0304. The molecule has 1 fully saturated rings. The molecule has 3 aromatic heterocycles. The van der Waals surface area contributed by atoms with Crippen LogP contribution in [0.5, 0.6) is 0 Å². The zero-order chi connectivity index (χ0) is 18.8. The van der Waals surface area contributed by atoms with Gasteiger partial charge in [0.25, 0.3) is 11.5 Å². The number of carbonyl (C=O) groups excluding carboxylic acids is 1. The normalized spacial score (nSPS) is 14.3. The molecule has 4 heterocycles. The number of anilines is 2. The molecule has 0 atom stereocenters. The number of carbonyl (C=O) groups is 1. The van der Waals surface area contributed by atoms with E-state index in [4.69, 9.17) is 4.74 Å². The summed E-state index contributed by atoms with van der Waals surface area (Å²) in [5.41, 5.74) is 1.93. The average Bonchev–Trinajstić information content (AvgIpc) is 2.70. The maximum absolute atomic E-state index is 12.6. The lowest BCUT2D eigenvalue weighted by molar-refractivity contribution is 0.102. The van der Waals surface area contributed by atoms with Crippen LogP contribution >= 0.6 is 0 Å². The highest BCUT2D eigenvalue weighted by Gasteiger charge is 2.15. The van der Waals surface area contributed by atoms with Gasteiger partial charge in [-0.15, -0.1) is 0 Å². The Labute approximate surface area is 155 Å². The number of fused-ring (bicyclic) bond motifs is 1. The Bertz CT molecular complexity index is 1040. The lowest BCUT2D eigenvalue weighted by Gasteiger charge is -2.28. The molecule has 1 aliphatic heterocycles. The molecule has 138 valence electrons. The van der Waals surface area contributed by atoms with Crippen molar-refractivity contribution in [2.45, 2.75) is 6.92 Å². The van der Waals surface area contributed by atoms with Crippen molar-refractivity contribution >= 4 is 23.1 Å². The summed E-state index contributed by atoms with van der Waals surface area (Å²) in [6.45, 7) is 4.88. The monoisotopic (exact) mass is 365 g/mol. The van der Waals surface area contributed by atoms with Crippen LogP contribution in [-0.2, 0) is 4.74 Å². The van der Waals surface area contributed by atoms with Crippen molar-refractivity contribution in [1.29, 1.82) is 0 Å². The van der Waals surface area contributed by atoms with Gasteiger partial charge in [-0.25, -0.2) is 9.97 Å². The van der Waals surface area contributed by atoms with E-state index in [9.17, 15) is 9.59 Å². The molecular formula is C19H19N5O3. The molecule has 27 heavy (non-hydrogen) atoms. The number of rotatable bonds is 3. The van der Waals surface area contributed by atoms with Gasteiger partial charge in [0.1, 0.15) is 17.0 Å². The third-order valence-electron chi connectivity index (χ3n) is 4.46. The molecule has 0 bridgehead atoms. The Balaban J connectivity index is 1.54. The minimum atomic E-state index is -0.532. The maximum atomic E-state index is 12.6. The topological polar surface area (TPSA) is 88.8 Å². The van der Waals surface area contributed by atoms with E-state index in [0.29, 0.717) is 24.7 Å². The predicted molar refractivity (Wildman–Crippen MR) is 101 cm³/mol. The molecule has 8 nitrogen and oxygen atoms in total. The van der Waals surface area contributed by atoms with Crippen molar-refractivity contribution in [2.75, 3.05) is 36.5 Å². The molecule has 1 saturated heterocycles. The third kappa shape index (κ3) is 3.52. The molecule has 0 unspecified atom stereocenters. The molecule has 1 aliphatic rings. The van der Waals surface area contributed by atoms with E-state index in [0.717, 1.165) is 24.3 Å². The van der Waals surface area contributed by atoms with E-state index in [-0.39, 0.29) is 5.56 Å². The van der Waals surface area contributed by atoms with E-state index >= 15 is 0 Å². The van der Waals surface area contributed by atoms with Gasteiger partial charge in [0.15, 0.2) is 0 Å². The van der Waals surface area contributed by atoms with Gasteiger partial charge < -0.3 is 15.0 Å². The number of aryl methyl sites for hydroxylation is 1. The van der Waals surface area contributed by atoms with E-state index in [1.807, 2.05) is 19.1 Å². The molecule has 3 aromatic rings. The van der Waals surface area contributed by atoms with Crippen molar-refractivity contribution in [3.63, 3.8) is 0 Å². The first-order chi connectivity index (χ1) is 13.1. The first-order valence-electron chi connectivity index (χ1n) is 8.70. The summed E-state index contributed by atoms with van der Waals surface area (Å²) in [6, 6.07) is 7.22. The number of pyridine rings is 2. The van der Waals surface area contributed by atoms with Crippen LogP contribution in [0.3, 0.4) is 0 Å². The first kappa shape index (κ1) is 17.2. The van der Waals surface area contributed by atoms with Gasteiger partial charge in [-0.2, -0.15) is 0 Å². The quantitative estimate of drug-likeness (QED) is 0.756. The minimum Gasteiger partial charge on any atom is -0.378 e. The second-order valence-electron chi connectivity index (χ2n) is 6.37. The molecule has 8 heteroatoms. The highest BCUT2D eigenvalue weighted by Crippen LogP contribution is 2.16. The van der Waals surface area contributed by atoms with Crippen molar-refractivity contribution in [3.05, 3.63) is 64.3 Å². The Morgan fingerprint density at radius 2 is 1.93 bits per heavy atom. The lowest BCUT2D eigenvalue weighted by Crippen LogP contribution is -2.36. The summed E-state index contributed by atoms with van der Waals surface area (Å²) >= 11 is 0. The lowest BCUT2D eigenvalue weighted by atomic mass is 10.2. The fourth-order valence-corrected chi connectivity index (χ4v) is 2.99. The predicted octanol–water partition coefficient (Wildman–Crippen LogP) is 1.49. The van der Waals surface area contributed by atoms with Crippen molar-refractivity contribution < 1.29 is 9.53 Å². The van der Waals surface area contributed by atoms with Crippen LogP contribution < -0.4 is 15.8 Å². The fourth-order valence-electron chi connectivity index (χ4n) is 2.99. The zero-order valence-electron chi connectivity index (χ0n) is 14.9. The van der Waals surface area contributed by atoms with Crippen LogP contribution in [0, 0.1) is 6.92 Å². The number of ether oxygens (including phenoxy) is 1. The van der Waals surface area contributed by atoms with Gasteiger partial charge in [0.2, 0.25) is 0 Å². The van der Waals surface area contributed by atoms with Crippen LogP contribution in [0.4, 0.5) is 11.5 Å². The molecule has 0 saturated carbocycles. The number of hydrogen-bond donors (Lipinski definition) is 1. The molecule has 0 aliphatic carbocycles. The average molecular weight is 365 g/mol. The molecule has 0 radical (unpaired) electrons. The summed E-state index contributed by atoms with van der Waals surface area (Å²) in [5, 5.41) is 2.66. The van der Waals surface area contributed by atoms with Gasteiger partial charge >= 0.3 is 0 Å². The van der Waals surface area contributed by atoms with E-state index in [2.05, 4.69) is 20.2 Å². The largest absolute Gasteiger partial charge is 0.378 e. The fraction of sp³-hybridized carbons (Fsp3) is 0.263. The van der Waals surface area contributed by atoms with Crippen molar-refractivity contribution in [2.24, 2.45) is 0 Å². The van der Waals surface area contributed by atoms with E-state index < -0.39 is 11.5 Å². The number of nitrogens with zero attached hydrogens (tertiary/aromatic N) is 4. The van der Waals surface area contributed by atoms with Crippen LogP contribution in [0.15, 0.2) is 47.7 Å². The van der Waals surface area contributed by atoms with Crippen molar-refractivity contribution in [1.82, 2.24) is 14.4 Å². The summed E-state index contributed by atoms with van der Waals surface area (Å²) in [6.07, 6.45) is 4.66. The Kier molecular flexibility index (Phi) is 4.55. The molecule has 1 N–H and O–H groups in total. The molecule has 1 amide bonds. The maximum Gasteiger partial charge on any atom is 0.270 e. The zero-order valence-corrected chi connectivity index (χ0v) is 14.9. The number of amides is 1. The SMILES string of the molecule is Cc1ccc2ncc(C(=O)Nc3ccc(N4CCOCC4)cn3)c(=O)n2c1. The third-order valence-corrected chi connectivity index (χ3v) is 4.46. The van der Waals surface area contributed by atoms with E-state index in [1.165, 1.54) is 10.6 Å². The Morgan fingerprint density at radius 1 is 1.11 bits per heavy atom. The van der Waals surface area contributed by atoms with Crippen LogP contribution in [-0.4, -0.2) is 46.6 Å². The Morgan fingerprint density at radius 3 is 2.67 bits per heavy atom. The Hall–Kier alpha value is -3.26. The van der Waals surface area contributed by atoms with Gasteiger partial charge in [0.05, 0.1) is 25.1 Å². The highest BCUT2D eigenvalue weighted by atomic mass is 16.5. The highest BCUT2D eigenvalue weighted by molar-refractivity contribution is 6.03. The summed E-state index contributed by atoms with van der Waals surface area (Å²) in [7, 11) is 0.